The molecule has 1 atom stereocenters. The Morgan fingerprint density at radius 1 is 0.952 bits per heavy atom. The van der Waals surface area contributed by atoms with Gasteiger partial charge in [0.2, 0.25) is 11.8 Å². The van der Waals surface area contributed by atoms with Gasteiger partial charge in [-0.1, -0.05) is 48.0 Å². The Kier molecular flexibility index (Phi) is 9.94. The van der Waals surface area contributed by atoms with E-state index in [0.29, 0.717) is 10.4 Å². The van der Waals surface area contributed by atoms with E-state index in [1.165, 1.54) is 49.4 Å². The molecule has 1 N–H and O–H groups in total. The van der Waals surface area contributed by atoms with E-state index in [9.17, 15) is 35.6 Å². The lowest BCUT2D eigenvalue weighted by atomic mass is 10.1. The predicted octanol–water partition coefficient (Wildman–Crippen LogP) is 6.03. The molecular weight excluding hydrogens is 598 g/mol. The Bertz CT molecular complexity index is 1540. The second-order valence-electron chi connectivity index (χ2n) is 10.5. The molecule has 0 heterocycles. The Labute approximate surface area is 247 Å². The van der Waals surface area contributed by atoms with Crippen LogP contribution in [0.1, 0.15) is 38.8 Å². The molecular formula is C29H30ClF4N3O4S. The van der Waals surface area contributed by atoms with Crippen LogP contribution < -0.4 is 9.62 Å². The highest BCUT2D eigenvalue weighted by molar-refractivity contribution is 7.92. The van der Waals surface area contributed by atoms with Gasteiger partial charge in [0.25, 0.3) is 10.0 Å². The van der Waals surface area contributed by atoms with Crippen LogP contribution in [0.2, 0.25) is 5.02 Å². The fourth-order valence-corrected chi connectivity index (χ4v) is 5.65. The standard InChI is InChI=1S/C29H30ClF4N3O4S/c1-19(27(39)35-28(2,3)4)36(17-20-10-8-9-13-25(20)31)26(38)18-37(42(40,41)22-11-6-5-7-12-22)21-14-15-24(30)23(16-21)29(32,33)34/h5-16,19H,17-18H2,1-4H3,(H,35,39)/t19-/m0/s1. The van der Waals surface area contributed by atoms with Crippen molar-refractivity contribution < 1.29 is 35.6 Å². The van der Waals surface area contributed by atoms with Crippen molar-refractivity contribution >= 4 is 39.1 Å². The zero-order valence-corrected chi connectivity index (χ0v) is 24.8. The number of benzene rings is 3. The Morgan fingerprint density at radius 2 is 1.55 bits per heavy atom. The summed E-state index contributed by atoms with van der Waals surface area (Å²) >= 11 is 5.76. The van der Waals surface area contributed by atoms with Gasteiger partial charge in [-0.2, -0.15) is 13.2 Å². The fraction of sp³-hybridized carbons (Fsp3) is 0.310. The molecule has 0 aliphatic rings. The topological polar surface area (TPSA) is 86.8 Å². The van der Waals surface area contributed by atoms with Crippen LogP contribution in [0.4, 0.5) is 23.2 Å². The predicted molar refractivity (Wildman–Crippen MR) is 152 cm³/mol. The zero-order valence-electron chi connectivity index (χ0n) is 23.2. The third-order valence-corrected chi connectivity index (χ3v) is 8.24. The molecule has 2 amide bonds. The molecule has 3 aromatic rings. The van der Waals surface area contributed by atoms with E-state index < -0.39 is 74.8 Å². The van der Waals surface area contributed by atoms with Crippen molar-refractivity contribution in [3.8, 4) is 0 Å². The molecule has 3 rings (SSSR count). The number of hydrogen-bond acceptors (Lipinski definition) is 4. The maximum Gasteiger partial charge on any atom is 0.417 e. The highest BCUT2D eigenvalue weighted by atomic mass is 35.5. The first-order valence-corrected chi connectivity index (χ1v) is 14.5. The number of carbonyl (C=O) groups excluding carboxylic acids is 2. The average Bonchev–Trinajstić information content (AvgIpc) is 2.90. The molecule has 7 nitrogen and oxygen atoms in total. The minimum Gasteiger partial charge on any atom is -0.350 e. The summed E-state index contributed by atoms with van der Waals surface area (Å²) in [6, 6.07) is 13.6. The van der Waals surface area contributed by atoms with Gasteiger partial charge in [-0.3, -0.25) is 13.9 Å². The molecule has 0 aliphatic heterocycles. The number of carbonyl (C=O) groups is 2. The van der Waals surface area contributed by atoms with Crippen LogP contribution in [-0.4, -0.2) is 43.3 Å². The third-order valence-electron chi connectivity index (χ3n) is 6.12. The monoisotopic (exact) mass is 627 g/mol. The average molecular weight is 628 g/mol. The molecule has 0 spiro atoms. The van der Waals surface area contributed by atoms with Crippen molar-refractivity contribution in [2.24, 2.45) is 0 Å². The molecule has 3 aromatic carbocycles. The molecule has 0 unspecified atom stereocenters. The van der Waals surface area contributed by atoms with E-state index in [1.54, 1.807) is 26.8 Å². The summed E-state index contributed by atoms with van der Waals surface area (Å²) in [4.78, 5) is 27.6. The zero-order chi connectivity index (χ0) is 31.5. The van der Waals surface area contributed by atoms with E-state index in [0.717, 1.165) is 23.1 Å². The molecule has 0 aromatic heterocycles. The second-order valence-corrected chi connectivity index (χ2v) is 12.8. The van der Waals surface area contributed by atoms with Crippen LogP contribution in [0.5, 0.6) is 0 Å². The number of amides is 2. The molecule has 0 bridgehead atoms. The fourth-order valence-electron chi connectivity index (χ4n) is 4.00. The number of alkyl halides is 3. The number of rotatable bonds is 9. The minimum atomic E-state index is -4.92. The highest BCUT2D eigenvalue weighted by Crippen LogP contribution is 2.38. The first-order chi connectivity index (χ1) is 19.4. The lowest BCUT2D eigenvalue weighted by Gasteiger charge is -2.33. The smallest absolute Gasteiger partial charge is 0.350 e. The SMILES string of the molecule is C[C@@H](C(=O)NC(C)(C)C)N(Cc1ccccc1F)C(=O)CN(c1ccc(Cl)c(C(F)(F)F)c1)S(=O)(=O)c1ccccc1. The van der Waals surface area contributed by atoms with Gasteiger partial charge in [0, 0.05) is 17.6 Å². The summed E-state index contributed by atoms with van der Waals surface area (Å²) in [5.74, 6) is -2.23. The van der Waals surface area contributed by atoms with E-state index in [1.807, 2.05) is 0 Å². The van der Waals surface area contributed by atoms with Crippen LogP contribution in [0.3, 0.4) is 0 Å². The number of nitrogens with zero attached hydrogens (tertiary/aromatic N) is 2. The number of hydrogen-bond donors (Lipinski definition) is 1. The molecule has 226 valence electrons. The van der Waals surface area contributed by atoms with Crippen molar-refractivity contribution in [2.75, 3.05) is 10.8 Å². The van der Waals surface area contributed by atoms with E-state index in [-0.39, 0.29) is 10.5 Å². The summed E-state index contributed by atoms with van der Waals surface area (Å²) in [6.07, 6.45) is -4.92. The Balaban J connectivity index is 2.13. The quantitative estimate of drug-likeness (QED) is 0.294. The van der Waals surface area contributed by atoms with E-state index >= 15 is 0 Å². The van der Waals surface area contributed by atoms with Crippen molar-refractivity contribution in [1.82, 2.24) is 10.2 Å². The van der Waals surface area contributed by atoms with Crippen LogP contribution in [-0.2, 0) is 32.3 Å². The van der Waals surface area contributed by atoms with Gasteiger partial charge in [-0.15, -0.1) is 0 Å². The molecule has 13 heteroatoms. The highest BCUT2D eigenvalue weighted by Gasteiger charge is 2.37. The normalized spacial score (nSPS) is 12.9. The largest absolute Gasteiger partial charge is 0.417 e. The van der Waals surface area contributed by atoms with E-state index in [4.69, 9.17) is 11.6 Å². The van der Waals surface area contributed by atoms with Crippen LogP contribution in [0.25, 0.3) is 0 Å². The van der Waals surface area contributed by atoms with Crippen molar-refractivity contribution in [3.05, 3.63) is 94.8 Å². The van der Waals surface area contributed by atoms with Gasteiger partial charge in [0.15, 0.2) is 0 Å². The van der Waals surface area contributed by atoms with Crippen molar-refractivity contribution in [3.63, 3.8) is 0 Å². The molecule has 0 saturated carbocycles. The van der Waals surface area contributed by atoms with Crippen LogP contribution in [0.15, 0.2) is 77.7 Å². The maximum atomic E-state index is 14.6. The Hall–Kier alpha value is -3.64. The second kappa shape index (κ2) is 12.7. The number of anilines is 1. The van der Waals surface area contributed by atoms with Crippen molar-refractivity contribution in [2.45, 2.75) is 56.9 Å². The van der Waals surface area contributed by atoms with Gasteiger partial charge in [-0.25, -0.2) is 12.8 Å². The first kappa shape index (κ1) is 32.9. The van der Waals surface area contributed by atoms with E-state index in [2.05, 4.69) is 5.32 Å². The summed E-state index contributed by atoms with van der Waals surface area (Å²) in [5.41, 5.74) is -2.44. The summed E-state index contributed by atoms with van der Waals surface area (Å²) in [6.45, 7) is 5.12. The summed E-state index contributed by atoms with van der Waals surface area (Å²) in [7, 11) is -4.61. The van der Waals surface area contributed by atoms with Crippen molar-refractivity contribution in [1.29, 1.82) is 0 Å². The summed E-state index contributed by atoms with van der Waals surface area (Å²) in [5, 5.41) is 2.06. The van der Waals surface area contributed by atoms with Gasteiger partial charge in [-0.05, 0) is 64.1 Å². The Morgan fingerprint density at radius 3 is 2.12 bits per heavy atom. The molecule has 42 heavy (non-hydrogen) atoms. The first-order valence-electron chi connectivity index (χ1n) is 12.7. The lowest BCUT2D eigenvalue weighted by molar-refractivity contribution is -0.140. The van der Waals surface area contributed by atoms with Crippen LogP contribution >= 0.6 is 11.6 Å². The molecule has 0 radical (unpaired) electrons. The number of halogens is 5. The third kappa shape index (κ3) is 8.01. The maximum absolute atomic E-state index is 14.6. The van der Waals surface area contributed by atoms with Gasteiger partial charge < -0.3 is 10.2 Å². The minimum absolute atomic E-state index is 0.0459. The number of sulfonamides is 1. The number of nitrogens with one attached hydrogen (secondary N) is 1. The molecule has 0 saturated heterocycles. The van der Waals surface area contributed by atoms with Gasteiger partial charge >= 0.3 is 6.18 Å². The molecule has 0 aliphatic carbocycles. The lowest BCUT2D eigenvalue weighted by Crippen LogP contribution is -2.54. The summed E-state index contributed by atoms with van der Waals surface area (Å²) < 4.78 is 83.7. The molecule has 0 fully saturated rings. The van der Waals surface area contributed by atoms with Gasteiger partial charge in [0.1, 0.15) is 18.4 Å². The van der Waals surface area contributed by atoms with Gasteiger partial charge in [0.05, 0.1) is 21.2 Å². The van der Waals surface area contributed by atoms with Crippen LogP contribution in [0, 0.1) is 5.82 Å².